The van der Waals surface area contributed by atoms with Crippen molar-refractivity contribution in [3.05, 3.63) is 64.2 Å². The van der Waals surface area contributed by atoms with Crippen LogP contribution >= 0.6 is 15.9 Å². The van der Waals surface area contributed by atoms with Gasteiger partial charge in [0.25, 0.3) is 0 Å². The second-order valence-electron chi connectivity index (χ2n) is 7.38. The van der Waals surface area contributed by atoms with Crippen LogP contribution in [0.15, 0.2) is 52.8 Å². The molecular formula is C21H18BrFN6O. The summed E-state index contributed by atoms with van der Waals surface area (Å²) in [4.78, 5) is 16.3. The lowest BCUT2D eigenvalue weighted by atomic mass is 10.1. The van der Waals surface area contributed by atoms with Gasteiger partial charge in [-0.25, -0.2) is 9.37 Å². The summed E-state index contributed by atoms with van der Waals surface area (Å²) < 4.78 is 16.6. The molecule has 1 aliphatic carbocycles. The Hall–Kier alpha value is -3.20. The van der Waals surface area contributed by atoms with Gasteiger partial charge in [-0.2, -0.15) is 9.61 Å². The van der Waals surface area contributed by atoms with E-state index >= 15 is 0 Å². The maximum atomic E-state index is 14.5. The van der Waals surface area contributed by atoms with Gasteiger partial charge >= 0.3 is 0 Å². The molecule has 2 aliphatic rings. The molecule has 0 radical (unpaired) electrons. The van der Waals surface area contributed by atoms with E-state index in [9.17, 15) is 9.18 Å². The molecule has 1 amide bonds. The molecule has 30 heavy (non-hydrogen) atoms. The number of nitrogens with one attached hydrogen (secondary N) is 3. The number of rotatable bonds is 5. The van der Waals surface area contributed by atoms with Crippen LogP contribution in [0.25, 0.3) is 11.7 Å². The minimum absolute atomic E-state index is 0.0840. The third-order valence-electron chi connectivity index (χ3n) is 5.00. The molecule has 3 N–H and O–H groups in total. The van der Waals surface area contributed by atoms with Gasteiger partial charge in [-0.3, -0.25) is 4.79 Å². The largest absolute Gasteiger partial charge is 0.367 e. The number of nitrogens with zero attached hydrogens (tertiary/aromatic N) is 3. The van der Waals surface area contributed by atoms with E-state index in [4.69, 9.17) is 0 Å². The van der Waals surface area contributed by atoms with Gasteiger partial charge < -0.3 is 16.0 Å². The van der Waals surface area contributed by atoms with Crippen LogP contribution in [-0.2, 0) is 4.79 Å². The average Bonchev–Trinajstić information content (AvgIpc) is 3.34. The number of hydrogen-bond donors (Lipinski definition) is 3. The van der Waals surface area contributed by atoms with E-state index in [0.717, 1.165) is 29.8 Å². The zero-order valence-electron chi connectivity index (χ0n) is 15.9. The molecule has 0 bridgehead atoms. The minimum Gasteiger partial charge on any atom is -0.367 e. The predicted octanol–water partition coefficient (Wildman–Crippen LogP) is 4.37. The minimum atomic E-state index is -0.390. The second-order valence-corrected chi connectivity index (χ2v) is 8.23. The third-order valence-corrected chi connectivity index (χ3v) is 5.61. The number of hydrogen-bond acceptors (Lipinski definition) is 5. The smallest absolute Gasteiger partial charge is 0.228 e. The first-order valence-electron chi connectivity index (χ1n) is 9.54. The summed E-state index contributed by atoms with van der Waals surface area (Å²) in [6.07, 6.45) is 6.02. The Morgan fingerprint density at radius 3 is 2.93 bits per heavy atom. The third kappa shape index (κ3) is 3.56. The molecule has 0 atom stereocenters. The van der Waals surface area contributed by atoms with Crippen LogP contribution in [0, 0.1) is 5.82 Å². The normalized spacial score (nSPS) is 17.6. The predicted molar refractivity (Wildman–Crippen MR) is 117 cm³/mol. The molecule has 2 fully saturated rings. The Morgan fingerprint density at radius 2 is 2.20 bits per heavy atom. The molecule has 1 aliphatic heterocycles. The number of fused-ring (bicyclic) bond motifs is 1. The van der Waals surface area contributed by atoms with Crippen LogP contribution < -0.4 is 16.0 Å². The summed E-state index contributed by atoms with van der Waals surface area (Å²) in [6, 6.07) is 7.26. The molecule has 3 heterocycles. The van der Waals surface area contributed by atoms with Crippen molar-refractivity contribution >= 4 is 50.9 Å². The van der Waals surface area contributed by atoms with Gasteiger partial charge in [0.2, 0.25) is 5.91 Å². The zero-order valence-corrected chi connectivity index (χ0v) is 17.5. The number of benzene rings is 1. The number of anilines is 3. The zero-order chi connectivity index (χ0) is 20.8. The van der Waals surface area contributed by atoms with Gasteiger partial charge in [0.15, 0.2) is 11.5 Å². The fraction of sp³-hybridized carbons (Fsp3) is 0.190. The van der Waals surface area contributed by atoms with Crippen LogP contribution in [0.1, 0.15) is 24.8 Å². The Balaban J connectivity index is 1.59. The Kier molecular flexibility index (Phi) is 4.54. The van der Waals surface area contributed by atoms with Crippen LogP contribution in [0.2, 0.25) is 0 Å². The maximum Gasteiger partial charge on any atom is 0.228 e. The van der Waals surface area contributed by atoms with Gasteiger partial charge in [0.05, 0.1) is 22.8 Å². The lowest BCUT2D eigenvalue weighted by Gasteiger charge is -2.12. The molecule has 5 rings (SSSR count). The summed E-state index contributed by atoms with van der Waals surface area (Å²) in [5.41, 5.74) is 3.04. The molecule has 1 saturated carbocycles. The Morgan fingerprint density at radius 1 is 1.37 bits per heavy atom. The highest BCUT2D eigenvalue weighted by molar-refractivity contribution is 9.10. The summed E-state index contributed by atoms with van der Waals surface area (Å²) >= 11 is 3.21. The van der Waals surface area contributed by atoms with Crippen molar-refractivity contribution in [2.45, 2.75) is 25.3 Å². The molecule has 9 heteroatoms. The highest BCUT2D eigenvalue weighted by Crippen LogP contribution is 2.31. The fourth-order valence-corrected chi connectivity index (χ4v) is 3.69. The number of carbonyl (C=O) groups excluding carboxylic acids is 1. The molecule has 0 unspecified atom stereocenters. The first kappa shape index (κ1) is 18.8. The van der Waals surface area contributed by atoms with Crippen LogP contribution in [-0.4, -0.2) is 26.5 Å². The first-order valence-corrected chi connectivity index (χ1v) is 10.3. The van der Waals surface area contributed by atoms with E-state index in [1.807, 2.05) is 12.1 Å². The number of allylic oxidation sites excluding steroid dienone is 1. The number of carbonyl (C=O) groups is 1. The highest BCUT2D eigenvalue weighted by Gasteiger charge is 2.24. The molecule has 1 aromatic carbocycles. The van der Waals surface area contributed by atoms with Crippen molar-refractivity contribution in [1.29, 1.82) is 0 Å². The fourth-order valence-electron chi connectivity index (χ4n) is 3.32. The van der Waals surface area contributed by atoms with E-state index in [1.54, 1.807) is 28.9 Å². The second kappa shape index (κ2) is 7.24. The SMILES string of the molecule is C=C1NC(=O)C/C1=C\c1cnn2c(NC3CC3)cc(Nc3cccc(Br)c3F)nc12. The molecule has 7 nitrogen and oxygen atoms in total. The molecule has 152 valence electrons. The lowest BCUT2D eigenvalue weighted by molar-refractivity contribution is -0.118. The highest BCUT2D eigenvalue weighted by atomic mass is 79.9. The standard InChI is InChI=1S/C21H18BrFN6O/c1-11-12(8-19(30)25-11)7-13-10-24-29-18(26-14-5-6-14)9-17(28-21(13)29)27-16-4-2-3-15(22)20(16)23/h2-4,7,9-10,14,26H,1,5-6,8H2,(H,25,30)(H,27,28)/b12-7+. The van der Waals surface area contributed by atoms with Gasteiger partial charge in [0, 0.05) is 23.4 Å². The van der Waals surface area contributed by atoms with Crippen molar-refractivity contribution < 1.29 is 9.18 Å². The van der Waals surface area contributed by atoms with Gasteiger partial charge in [-0.1, -0.05) is 12.6 Å². The summed E-state index contributed by atoms with van der Waals surface area (Å²) in [5.74, 6) is 0.782. The molecule has 0 spiro atoms. The monoisotopic (exact) mass is 468 g/mol. The van der Waals surface area contributed by atoms with Crippen molar-refractivity contribution in [2.24, 2.45) is 0 Å². The van der Waals surface area contributed by atoms with Gasteiger partial charge in [-0.05, 0) is 52.6 Å². The van der Waals surface area contributed by atoms with E-state index < -0.39 is 5.82 Å². The van der Waals surface area contributed by atoms with E-state index in [0.29, 0.717) is 33.4 Å². The van der Waals surface area contributed by atoms with Crippen molar-refractivity contribution in [3.8, 4) is 0 Å². The summed E-state index contributed by atoms with van der Waals surface area (Å²) in [7, 11) is 0. The quantitative estimate of drug-likeness (QED) is 0.517. The number of amides is 1. The Bertz CT molecular complexity index is 1230. The van der Waals surface area contributed by atoms with Crippen LogP contribution in [0.5, 0.6) is 0 Å². The van der Waals surface area contributed by atoms with E-state index in [1.165, 1.54) is 0 Å². The lowest BCUT2D eigenvalue weighted by Crippen LogP contribution is -2.10. The number of aromatic nitrogens is 3. The number of halogens is 2. The summed E-state index contributed by atoms with van der Waals surface area (Å²) in [5, 5.41) is 13.7. The average molecular weight is 469 g/mol. The topological polar surface area (TPSA) is 83.4 Å². The van der Waals surface area contributed by atoms with Crippen molar-refractivity contribution in [2.75, 3.05) is 10.6 Å². The van der Waals surface area contributed by atoms with E-state index in [2.05, 4.69) is 48.5 Å². The molecule has 3 aromatic rings. The molecule has 1 saturated heterocycles. The van der Waals surface area contributed by atoms with Crippen LogP contribution in [0.4, 0.5) is 21.7 Å². The van der Waals surface area contributed by atoms with Crippen molar-refractivity contribution in [3.63, 3.8) is 0 Å². The summed E-state index contributed by atoms with van der Waals surface area (Å²) in [6.45, 7) is 3.88. The van der Waals surface area contributed by atoms with Crippen molar-refractivity contribution in [1.82, 2.24) is 19.9 Å². The van der Waals surface area contributed by atoms with Gasteiger partial charge in [0.1, 0.15) is 11.6 Å². The maximum absolute atomic E-state index is 14.5. The van der Waals surface area contributed by atoms with Crippen LogP contribution in [0.3, 0.4) is 0 Å². The first-order chi connectivity index (χ1) is 14.5. The molecular weight excluding hydrogens is 451 g/mol. The molecule has 2 aromatic heterocycles. The van der Waals surface area contributed by atoms with E-state index in [-0.39, 0.29) is 12.3 Å². The van der Waals surface area contributed by atoms with Gasteiger partial charge in [-0.15, -0.1) is 0 Å². The Labute approximate surface area is 180 Å².